The maximum atomic E-state index is 6.01. The highest BCUT2D eigenvalue weighted by atomic mass is 35.5. The molecule has 0 spiro atoms. The fourth-order valence-electron chi connectivity index (χ4n) is 2.30. The minimum atomic E-state index is 0.105. The molecule has 1 N–H and O–H groups in total. The first kappa shape index (κ1) is 13.5. The van der Waals surface area contributed by atoms with Gasteiger partial charge in [-0.1, -0.05) is 18.5 Å². The summed E-state index contributed by atoms with van der Waals surface area (Å²) in [5, 5.41) is 5.70. The Morgan fingerprint density at radius 3 is 2.95 bits per heavy atom. The molecule has 2 aromatic heterocycles. The van der Waals surface area contributed by atoms with Crippen molar-refractivity contribution in [3.8, 4) is 0 Å². The molecule has 0 bridgehead atoms. The second kappa shape index (κ2) is 5.87. The topological polar surface area (TPSA) is 37.8 Å². The number of hydrogen-bond acceptors (Lipinski definition) is 5. The van der Waals surface area contributed by atoms with Crippen LogP contribution in [0.1, 0.15) is 46.4 Å². The Morgan fingerprint density at radius 2 is 2.26 bits per heavy atom. The molecular weight excluding hydrogens is 298 g/mol. The van der Waals surface area contributed by atoms with Gasteiger partial charge in [0.15, 0.2) is 0 Å². The molecule has 0 radical (unpaired) electrons. The first-order chi connectivity index (χ1) is 9.28. The largest absolute Gasteiger partial charge is 0.302 e. The quantitative estimate of drug-likeness (QED) is 0.911. The number of hydrogen-bond donors (Lipinski definition) is 1. The van der Waals surface area contributed by atoms with Crippen molar-refractivity contribution in [3.63, 3.8) is 0 Å². The fraction of sp³-hybridized carbons (Fsp3) is 0.538. The van der Waals surface area contributed by atoms with Crippen molar-refractivity contribution in [2.24, 2.45) is 0 Å². The summed E-state index contributed by atoms with van der Waals surface area (Å²) < 4.78 is 0.738. The highest BCUT2D eigenvalue weighted by Crippen LogP contribution is 2.35. The fourth-order valence-corrected chi connectivity index (χ4v) is 4.62. The molecule has 0 aromatic carbocycles. The lowest BCUT2D eigenvalue weighted by atomic mass is 10.3. The van der Waals surface area contributed by atoms with E-state index in [1.807, 2.05) is 11.3 Å². The van der Waals surface area contributed by atoms with Gasteiger partial charge in [0.25, 0.3) is 0 Å². The lowest BCUT2D eigenvalue weighted by Gasteiger charge is -2.13. The van der Waals surface area contributed by atoms with Gasteiger partial charge in [0, 0.05) is 4.88 Å². The number of halogens is 1. The Kier molecular flexibility index (Phi) is 4.17. The summed E-state index contributed by atoms with van der Waals surface area (Å²) in [6, 6.07) is 0.105. The van der Waals surface area contributed by atoms with E-state index in [0.717, 1.165) is 33.7 Å². The van der Waals surface area contributed by atoms with E-state index in [2.05, 4.69) is 17.2 Å². The van der Waals surface area contributed by atoms with Crippen LogP contribution >= 0.6 is 34.3 Å². The second-order valence-corrected chi connectivity index (χ2v) is 7.47. The molecule has 2 heterocycles. The van der Waals surface area contributed by atoms with Gasteiger partial charge in [-0.2, -0.15) is 0 Å². The first-order valence-corrected chi connectivity index (χ1v) is 8.62. The molecule has 2 aromatic rings. The molecule has 19 heavy (non-hydrogen) atoms. The third-order valence-electron chi connectivity index (χ3n) is 3.20. The van der Waals surface area contributed by atoms with Crippen molar-refractivity contribution in [2.75, 3.05) is 6.54 Å². The first-order valence-electron chi connectivity index (χ1n) is 6.61. The molecule has 1 aliphatic rings. The Bertz CT molecular complexity index is 542. The van der Waals surface area contributed by atoms with Gasteiger partial charge in [-0.15, -0.1) is 22.7 Å². The van der Waals surface area contributed by atoms with Crippen LogP contribution in [0.5, 0.6) is 0 Å². The average molecular weight is 314 g/mol. The molecule has 0 saturated carbocycles. The van der Waals surface area contributed by atoms with Gasteiger partial charge in [0.2, 0.25) is 0 Å². The number of nitrogens with one attached hydrogen (secondary N) is 1. The van der Waals surface area contributed by atoms with E-state index in [-0.39, 0.29) is 6.04 Å². The van der Waals surface area contributed by atoms with E-state index in [9.17, 15) is 0 Å². The van der Waals surface area contributed by atoms with E-state index in [1.165, 1.54) is 23.4 Å². The molecule has 1 aliphatic carbocycles. The summed E-state index contributed by atoms with van der Waals surface area (Å²) in [7, 11) is 0. The molecule has 0 aliphatic heterocycles. The molecule has 102 valence electrons. The van der Waals surface area contributed by atoms with Gasteiger partial charge in [-0.05, 0) is 32.2 Å². The van der Waals surface area contributed by atoms with Crippen LogP contribution in [0.2, 0.25) is 4.34 Å². The van der Waals surface area contributed by atoms with Crippen LogP contribution in [-0.4, -0.2) is 16.5 Å². The predicted octanol–water partition coefficient (Wildman–Crippen LogP) is 3.83. The zero-order chi connectivity index (χ0) is 13.2. The maximum absolute atomic E-state index is 6.01. The van der Waals surface area contributed by atoms with Gasteiger partial charge in [0.1, 0.15) is 20.4 Å². The number of thiazole rings is 2. The maximum Gasteiger partial charge on any atom is 0.118 e. The molecule has 0 saturated heterocycles. The van der Waals surface area contributed by atoms with Crippen LogP contribution in [-0.2, 0) is 12.8 Å². The summed E-state index contributed by atoms with van der Waals surface area (Å²) in [6.07, 6.45) is 6.39. The van der Waals surface area contributed by atoms with Crippen LogP contribution in [0.3, 0.4) is 0 Å². The van der Waals surface area contributed by atoms with Gasteiger partial charge in [-0.3, -0.25) is 0 Å². The second-order valence-electron chi connectivity index (χ2n) is 4.67. The third-order valence-corrected chi connectivity index (χ3v) is 5.60. The number of aromatic nitrogens is 2. The molecule has 3 rings (SSSR count). The molecule has 0 fully saturated rings. The standard InChI is InChI=1S/C13H16ClN3S2/c1-2-6-15-11(12-16-7-10(14)19-12)13-17-8-4-3-5-9(8)18-13/h7,11,15H,2-6H2,1H3. The zero-order valence-electron chi connectivity index (χ0n) is 10.8. The van der Waals surface area contributed by atoms with Crippen LogP contribution in [0, 0.1) is 0 Å². The number of aryl methyl sites for hydroxylation is 2. The average Bonchev–Trinajstić information content (AvgIpc) is 3.05. The monoisotopic (exact) mass is 313 g/mol. The molecule has 1 atom stereocenters. The van der Waals surface area contributed by atoms with Crippen LogP contribution in [0.4, 0.5) is 0 Å². The summed E-state index contributed by atoms with van der Waals surface area (Å²) in [6.45, 7) is 3.13. The van der Waals surface area contributed by atoms with Crippen molar-refractivity contribution in [2.45, 2.75) is 38.6 Å². The lowest BCUT2D eigenvalue weighted by molar-refractivity contribution is 0.592. The minimum absolute atomic E-state index is 0.105. The molecule has 1 unspecified atom stereocenters. The van der Waals surface area contributed by atoms with Crippen molar-refractivity contribution < 1.29 is 0 Å². The lowest BCUT2D eigenvalue weighted by Crippen LogP contribution is -2.23. The summed E-state index contributed by atoms with van der Waals surface area (Å²) in [5.74, 6) is 0. The van der Waals surface area contributed by atoms with E-state index >= 15 is 0 Å². The summed E-state index contributed by atoms with van der Waals surface area (Å²) in [5.41, 5.74) is 1.30. The Hall–Kier alpha value is -0.490. The van der Waals surface area contributed by atoms with Crippen molar-refractivity contribution in [3.05, 3.63) is 31.1 Å². The van der Waals surface area contributed by atoms with E-state index in [1.54, 1.807) is 17.5 Å². The van der Waals surface area contributed by atoms with Crippen LogP contribution in [0.25, 0.3) is 0 Å². The summed E-state index contributed by atoms with van der Waals surface area (Å²) in [4.78, 5) is 10.7. The van der Waals surface area contributed by atoms with Gasteiger partial charge < -0.3 is 5.32 Å². The molecular formula is C13H16ClN3S2. The Labute approximate surface area is 126 Å². The number of fused-ring (bicyclic) bond motifs is 1. The van der Waals surface area contributed by atoms with Crippen LogP contribution < -0.4 is 5.32 Å². The minimum Gasteiger partial charge on any atom is -0.302 e. The third kappa shape index (κ3) is 2.84. The number of rotatable bonds is 5. The molecule has 0 amide bonds. The SMILES string of the molecule is CCCNC(c1ncc(Cl)s1)c1nc2c(s1)CCC2. The van der Waals surface area contributed by atoms with E-state index < -0.39 is 0 Å². The van der Waals surface area contributed by atoms with Gasteiger partial charge in [0.05, 0.1) is 11.9 Å². The molecule has 3 nitrogen and oxygen atoms in total. The number of nitrogens with zero attached hydrogens (tertiary/aromatic N) is 2. The van der Waals surface area contributed by atoms with Crippen molar-refractivity contribution in [1.29, 1.82) is 0 Å². The Morgan fingerprint density at radius 1 is 1.37 bits per heavy atom. The zero-order valence-corrected chi connectivity index (χ0v) is 13.2. The van der Waals surface area contributed by atoms with Crippen molar-refractivity contribution >= 4 is 34.3 Å². The normalized spacial score (nSPS) is 15.7. The van der Waals surface area contributed by atoms with E-state index in [0.29, 0.717) is 0 Å². The van der Waals surface area contributed by atoms with Crippen LogP contribution in [0.15, 0.2) is 6.20 Å². The molecule has 6 heteroatoms. The van der Waals surface area contributed by atoms with Gasteiger partial charge in [-0.25, -0.2) is 9.97 Å². The predicted molar refractivity (Wildman–Crippen MR) is 81.4 cm³/mol. The smallest absolute Gasteiger partial charge is 0.118 e. The van der Waals surface area contributed by atoms with E-state index in [4.69, 9.17) is 16.6 Å². The van der Waals surface area contributed by atoms with Gasteiger partial charge >= 0.3 is 0 Å². The Balaban J connectivity index is 1.89. The van der Waals surface area contributed by atoms with Crippen molar-refractivity contribution in [1.82, 2.24) is 15.3 Å². The highest BCUT2D eigenvalue weighted by Gasteiger charge is 2.24. The summed E-state index contributed by atoms with van der Waals surface area (Å²) >= 11 is 9.39. The highest BCUT2D eigenvalue weighted by molar-refractivity contribution is 7.16.